The van der Waals surface area contributed by atoms with Crippen molar-refractivity contribution in [2.45, 2.75) is 4.90 Å². The number of benzene rings is 1. The van der Waals surface area contributed by atoms with Gasteiger partial charge in [0.05, 0.1) is 4.90 Å². The SMILES string of the molecule is O=S(=O)([O-])c1ccc2c(c1)OCO2.[Na+]. The fraction of sp³-hybridized carbons (Fsp3) is 0.143. The second-order valence-electron chi connectivity index (χ2n) is 2.47. The maximum Gasteiger partial charge on any atom is 1.00 e. The molecule has 1 aliphatic rings. The van der Waals surface area contributed by atoms with Gasteiger partial charge >= 0.3 is 29.6 Å². The standard InChI is InChI=1S/C7H6O5S.Na/c8-13(9,10)5-1-2-6-7(3-5)12-4-11-6;/h1-3H,4H2,(H,8,9,10);/q;+1/p-1. The van der Waals surface area contributed by atoms with Gasteiger partial charge in [-0.2, -0.15) is 0 Å². The molecule has 0 radical (unpaired) electrons. The first kappa shape index (κ1) is 11.8. The van der Waals surface area contributed by atoms with E-state index in [-0.39, 0.29) is 47.0 Å². The van der Waals surface area contributed by atoms with Crippen molar-refractivity contribution in [2.24, 2.45) is 0 Å². The smallest absolute Gasteiger partial charge is 0.744 e. The molecular formula is C7H5NaO5S. The van der Waals surface area contributed by atoms with Crippen molar-refractivity contribution in [1.29, 1.82) is 0 Å². The quantitative estimate of drug-likeness (QED) is 0.384. The number of hydrogen-bond acceptors (Lipinski definition) is 5. The molecule has 0 fully saturated rings. The molecule has 0 N–H and O–H groups in total. The van der Waals surface area contributed by atoms with E-state index in [1.807, 2.05) is 0 Å². The molecule has 1 heterocycles. The Hall–Kier alpha value is -0.270. The summed E-state index contributed by atoms with van der Waals surface area (Å²) in [6.45, 7) is 0.0533. The van der Waals surface area contributed by atoms with Crippen LogP contribution in [0.2, 0.25) is 0 Å². The minimum atomic E-state index is -4.41. The van der Waals surface area contributed by atoms with Crippen molar-refractivity contribution in [3.8, 4) is 11.5 Å². The number of fused-ring (bicyclic) bond motifs is 1. The van der Waals surface area contributed by atoms with Crippen molar-refractivity contribution in [1.82, 2.24) is 0 Å². The van der Waals surface area contributed by atoms with Crippen LogP contribution in [-0.2, 0) is 10.1 Å². The summed E-state index contributed by atoms with van der Waals surface area (Å²) < 4.78 is 41.6. The van der Waals surface area contributed by atoms with Gasteiger partial charge in [-0.05, 0) is 12.1 Å². The van der Waals surface area contributed by atoms with E-state index in [1.165, 1.54) is 12.1 Å². The van der Waals surface area contributed by atoms with Gasteiger partial charge in [0.15, 0.2) is 11.5 Å². The largest absolute Gasteiger partial charge is 1.00 e. The summed E-state index contributed by atoms with van der Waals surface area (Å²) >= 11 is 0. The molecule has 0 saturated carbocycles. The van der Waals surface area contributed by atoms with Crippen LogP contribution in [0.4, 0.5) is 0 Å². The molecule has 1 aliphatic heterocycles. The van der Waals surface area contributed by atoms with Crippen molar-refractivity contribution >= 4 is 10.1 Å². The van der Waals surface area contributed by atoms with Gasteiger partial charge in [0.2, 0.25) is 6.79 Å². The Morgan fingerprint density at radius 1 is 1.21 bits per heavy atom. The molecular weight excluding hydrogens is 219 g/mol. The summed E-state index contributed by atoms with van der Waals surface area (Å²) in [6, 6.07) is 3.74. The van der Waals surface area contributed by atoms with Crippen molar-refractivity contribution in [3.05, 3.63) is 18.2 Å². The number of hydrogen-bond donors (Lipinski definition) is 0. The third-order valence-electron chi connectivity index (χ3n) is 1.63. The Balaban J connectivity index is 0.000000980. The van der Waals surface area contributed by atoms with Gasteiger partial charge in [0.1, 0.15) is 10.1 Å². The summed E-state index contributed by atoms with van der Waals surface area (Å²) in [6.07, 6.45) is 0. The van der Waals surface area contributed by atoms with Crippen LogP contribution in [0.3, 0.4) is 0 Å². The normalized spacial score (nSPS) is 13.5. The van der Waals surface area contributed by atoms with Crippen molar-refractivity contribution in [2.75, 3.05) is 6.79 Å². The van der Waals surface area contributed by atoms with Gasteiger partial charge in [-0.1, -0.05) is 0 Å². The molecule has 2 rings (SSSR count). The first-order valence-electron chi connectivity index (χ1n) is 3.43. The molecule has 0 bridgehead atoms. The molecule has 0 spiro atoms. The predicted molar refractivity (Wildman–Crippen MR) is 40.5 cm³/mol. The maximum atomic E-state index is 10.6. The molecule has 0 amide bonds. The van der Waals surface area contributed by atoms with Crippen LogP contribution in [0.5, 0.6) is 11.5 Å². The Morgan fingerprint density at radius 2 is 1.86 bits per heavy atom. The molecule has 14 heavy (non-hydrogen) atoms. The van der Waals surface area contributed by atoms with Gasteiger partial charge in [0.25, 0.3) is 0 Å². The summed E-state index contributed by atoms with van der Waals surface area (Å²) in [4.78, 5) is -0.309. The topological polar surface area (TPSA) is 75.7 Å². The van der Waals surface area contributed by atoms with Gasteiger partial charge < -0.3 is 14.0 Å². The Bertz CT molecular complexity index is 441. The monoisotopic (exact) mass is 224 g/mol. The molecule has 1 aromatic carbocycles. The molecule has 0 atom stereocenters. The van der Waals surface area contributed by atoms with E-state index in [1.54, 1.807) is 0 Å². The van der Waals surface area contributed by atoms with E-state index in [9.17, 15) is 13.0 Å². The van der Waals surface area contributed by atoms with Crippen LogP contribution in [0.15, 0.2) is 23.1 Å². The average Bonchev–Trinajstić information content (AvgIpc) is 2.47. The minimum Gasteiger partial charge on any atom is -0.744 e. The van der Waals surface area contributed by atoms with Gasteiger partial charge in [-0.15, -0.1) is 0 Å². The summed E-state index contributed by atoms with van der Waals surface area (Å²) in [5.74, 6) is 0.740. The fourth-order valence-electron chi connectivity index (χ4n) is 1.03. The average molecular weight is 224 g/mol. The van der Waals surface area contributed by atoms with E-state index in [2.05, 4.69) is 0 Å². The first-order chi connectivity index (χ1) is 6.07. The molecule has 1 aromatic rings. The van der Waals surface area contributed by atoms with Gasteiger partial charge in [-0.3, -0.25) is 0 Å². The summed E-state index contributed by atoms with van der Waals surface area (Å²) in [5.41, 5.74) is 0. The Morgan fingerprint density at radius 3 is 2.50 bits per heavy atom. The fourth-order valence-corrected chi connectivity index (χ4v) is 1.52. The Labute approximate surface area is 103 Å². The van der Waals surface area contributed by atoms with E-state index in [4.69, 9.17) is 9.47 Å². The van der Waals surface area contributed by atoms with E-state index >= 15 is 0 Å². The molecule has 0 unspecified atom stereocenters. The molecule has 5 nitrogen and oxygen atoms in total. The zero-order chi connectivity index (χ0) is 9.47. The second-order valence-corrected chi connectivity index (χ2v) is 3.85. The van der Waals surface area contributed by atoms with Crippen LogP contribution in [-0.4, -0.2) is 19.8 Å². The molecule has 0 aromatic heterocycles. The van der Waals surface area contributed by atoms with E-state index < -0.39 is 10.1 Å². The van der Waals surface area contributed by atoms with Crippen LogP contribution in [0.25, 0.3) is 0 Å². The van der Waals surface area contributed by atoms with Crippen LogP contribution in [0.1, 0.15) is 0 Å². The third-order valence-corrected chi connectivity index (χ3v) is 2.46. The van der Waals surface area contributed by atoms with Crippen LogP contribution < -0.4 is 39.0 Å². The molecule has 70 valence electrons. The number of ether oxygens (including phenoxy) is 2. The molecule has 7 heteroatoms. The van der Waals surface area contributed by atoms with Crippen LogP contribution in [0, 0.1) is 0 Å². The Kier molecular flexibility index (Phi) is 3.44. The zero-order valence-electron chi connectivity index (χ0n) is 7.39. The van der Waals surface area contributed by atoms with Crippen molar-refractivity contribution < 1.29 is 52.0 Å². The molecule has 0 saturated heterocycles. The van der Waals surface area contributed by atoms with E-state index in [0.29, 0.717) is 5.75 Å². The van der Waals surface area contributed by atoms with Crippen LogP contribution >= 0.6 is 0 Å². The summed E-state index contributed by atoms with van der Waals surface area (Å²) in [7, 11) is -4.41. The molecule has 0 aliphatic carbocycles. The zero-order valence-corrected chi connectivity index (χ0v) is 10.2. The third kappa shape index (κ3) is 2.21. The van der Waals surface area contributed by atoms with Crippen molar-refractivity contribution in [3.63, 3.8) is 0 Å². The van der Waals surface area contributed by atoms with Gasteiger partial charge in [-0.25, -0.2) is 8.42 Å². The number of rotatable bonds is 1. The minimum absolute atomic E-state index is 0. The predicted octanol–water partition coefficient (Wildman–Crippen LogP) is -2.68. The second kappa shape index (κ2) is 4.08. The summed E-state index contributed by atoms with van der Waals surface area (Å²) in [5, 5.41) is 0. The first-order valence-corrected chi connectivity index (χ1v) is 4.84. The maximum absolute atomic E-state index is 10.6. The van der Waals surface area contributed by atoms with E-state index in [0.717, 1.165) is 6.07 Å². The van der Waals surface area contributed by atoms with Gasteiger partial charge in [0, 0.05) is 6.07 Å².